The fourth-order valence-electron chi connectivity index (χ4n) is 1.50. The summed E-state index contributed by atoms with van der Waals surface area (Å²) in [6, 6.07) is 0. The molecule has 0 bridgehead atoms. The molecular formula is C10H21NO. The second-order valence-corrected chi connectivity index (χ2v) is 3.21. The molecule has 0 aromatic rings. The molecule has 1 rings (SSSR count). The largest absolute Gasteiger partial charge is 0.306 e. The lowest BCUT2D eigenvalue weighted by Gasteiger charge is -2.27. The van der Waals surface area contributed by atoms with E-state index in [0.29, 0.717) is 11.7 Å². The van der Waals surface area contributed by atoms with Crippen LogP contribution in [0.5, 0.6) is 0 Å². The summed E-state index contributed by atoms with van der Waals surface area (Å²) in [5, 5.41) is 0. The van der Waals surface area contributed by atoms with Crippen molar-refractivity contribution in [3.63, 3.8) is 0 Å². The zero-order valence-corrected chi connectivity index (χ0v) is 8.76. The molecule has 0 saturated carbocycles. The highest BCUT2D eigenvalue weighted by atomic mass is 16.1. The van der Waals surface area contributed by atoms with Crippen LogP contribution in [0, 0.1) is 5.92 Å². The highest BCUT2D eigenvalue weighted by Crippen LogP contribution is 2.15. The van der Waals surface area contributed by atoms with Crippen molar-refractivity contribution in [1.82, 2.24) is 4.90 Å². The lowest BCUT2D eigenvalue weighted by Crippen LogP contribution is -2.35. The predicted octanol–water partition coefficient (Wildman–Crippen LogP) is 1.94. The molecule has 0 aliphatic carbocycles. The van der Waals surface area contributed by atoms with Gasteiger partial charge in [-0.25, -0.2) is 0 Å². The van der Waals surface area contributed by atoms with Crippen molar-refractivity contribution in [2.45, 2.75) is 33.6 Å². The number of nitrogens with zero attached hydrogens (tertiary/aromatic N) is 1. The third-order valence-corrected chi connectivity index (χ3v) is 2.20. The van der Waals surface area contributed by atoms with Crippen molar-refractivity contribution < 1.29 is 4.79 Å². The monoisotopic (exact) mass is 171 g/mol. The zero-order valence-electron chi connectivity index (χ0n) is 8.76. The Morgan fingerprint density at radius 2 is 2.00 bits per heavy atom. The topological polar surface area (TPSA) is 20.3 Å². The minimum absolute atomic E-state index is 0.318. The number of hydrogen-bond donors (Lipinski definition) is 0. The van der Waals surface area contributed by atoms with Gasteiger partial charge in [-0.1, -0.05) is 13.8 Å². The number of likely N-dealkylation sites (tertiary alicyclic amines) is 1. The quantitative estimate of drug-likeness (QED) is 0.601. The van der Waals surface area contributed by atoms with Crippen LogP contribution in [0.1, 0.15) is 33.6 Å². The number of ketones is 1. The smallest absolute Gasteiger partial charge is 0.134 e. The number of Topliss-reactive ketones (excluding diaryl/α,β-unsaturated/α-hetero) is 1. The van der Waals surface area contributed by atoms with Crippen molar-refractivity contribution in [3.05, 3.63) is 0 Å². The Morgan fingerprint density at radius 3 is 2.33 bits per heavy atom. The first-order valence-electron chi connectivity index (χ1n) is 4.89. The zero-order chi connectivity index (χ0) is 9.56. The van der Waals surface area contributed by atoms with Crippen LogP contribution < -0.4 is 0 Å². The maximum Gasteiger partial charge on any atom is 0.134 e. The average Bonchev–Trinajstić information content (AvgIpc) is 2.08. The van der Waals surface area contributed by atoms with E-state index in [2.05, 4.69) is 11.9 Å². The summed E-state index contributed by atoms with van der Waals surface area (Å²) in [5.41, 5.74) is 0. The van der Waals surface area contributed by atoms with E-state index in [1.807, 2.05) is 13.8 Å². The molecule has 0 unspecified atom stereocenters. The minimum Gasteiger partial charge on any atom is -0.306 e. The third-order valence-electron chi connectivity index (χ3n) is 2.20. The molecule has 1 aliphatic rings. The normalized spacial score (nSPS) is 24.2. The summed E-state index contributed by atoms with van der Waals surface area (Å²) in [6.45, 7) is 7.82. The van der Waals surface area contributed by atoms with Crippen molar-refractivity contribution in [2.75, 3.05) is 20.1 Å². The molecule has 0 spiro atoms. The summed E-state index contributed by atoms with van der Waals surface area (Å²) >= 11 is 0. The fourth-order valence-corrected chi connectivity index (χ4v) is 1.50. The Hall–Kier alpha value is -0.370. The van der Waals surface area contributed by atoms with Gasteiger partial charge in [0.25, 0.3) is 0 Å². The first-order chi connectivity index (χ1) is 5.70. The first-order valence-corrected chi connectivity index (χ1v) is 4.89. The molecule has 72 valence electrons. The molecule has 0 aromatic heterocycles. The van der Waals surface area contributed by atoms with Gasteiger partial charge in [-0.2, -0.15) is 0 Å². The predicted molar refractivity (Wildman–Crippen MR) is 52.3 cm³/mol. The van der Waals surface area contributed by atoms with E-state index in [9.17, 15) is 4.79 Å². The van der Waals surface area contributed by atoms with Gasteiger partial charge in [0, 0.05) is 12.5 Å². The van der Waals surface area contributed by atoms with E-state index in [1.165, 1.54) is 6.42 Å². The SMILES string of the molecule is CC.CC(=O)[C@@H]1CCCN(C)C1. The maximum absolute atomic E-state index is 10.9. The number of piperidine rings is 1. The van der Waals surface area contributed by atoms with Crippen molar-refractivity contribution in [2.24, 2.45) is 5.92 Å². The molecule has 0 N–H and O–H groups in total. The molecule has 1 atom stereocenters. The Morgan fingerprint density at radius 1 is 1.42 bits per heavy atom. The first kappa shape index (κ1) is 11.6. The highest BCUT2D eigenvalue weighted by Gasteiger charge is 2.20. The molecule has 0 aromatic carbocycles. The Bertz CT molecular complexity index is 134. The van der Waals surface area contributed by atoms with Crippen LogP contribution >= 0.6 is 0 Å². The van der Waals surface area contributed by atoms with E-state index in [0.717, 1.165) is 19.5 Å². The molecule has 1 heterocycles. The van der Waals surface area contributed by atoms with E-state index in [4.69, 9.17) is 0 Å². The highest BCUT2D eigenvalue weighted by molar-refractivity contribution is 5.78. The van der Waals surface area contributed by atoms with Crippen molar-refractivity contribution in [1.29, 1.82) is 0 Å². The summed E-state index contributed by atoms with van der Waals surface area (Å²) in [4.78, 5) is 13.1. The van der Waals surface area contributed by atoms with Gasteiger partial charge in [0.1, 0.15) is 5.78 Å². The fraction of sp³-hybridized carbons (Fsp3) is 0.900. The minimum atomic E-state index is 0.318. The molecule has 0 radical (unpaired) electrons. The van der Waals surface area contributed by atoms with Crippen molar-refractivity contribution in [3.8, 4) is 0 Å². The van der Waals surface area contributed by atoms with Gasteiger partial charge in [0.2, 0.25) is 0 Å². The second kappa shape index (κ2) is 6.18. The van der Waals surface area contributed by atoms with Crippen LogP contribution in [-0.4, -0.2) is 30.8 Å². The summed E-state index contributed by atoms with van der Waals surface area (Å²) in [6.07, 6.45) is 2.28. The Balaban J connectivity index is 0.000000561. The molecular weight excluding hydrogens is 150 g/mol. The van der Waals surface area contributed by atoms with Crippen LogP contribution in [0.3, 0.4) is 0 Å². The molecule has 2 heteroatoms. The van der Waals surface area contributed by atoms with Crippen LogP contribution in [-0.2, 0) is 4.79 Å². The van der Waals surface area contributed by atoms with Crippen LogP contribution in [0.25, 0.3) is 0 Å². The summed E-state index contributed by atoms with van der Waals surface area (Å²) in [5.74, 6) is 0.672. The van der Waals surface area contributed by atoms with Gasteiger partial charge in [0.05, 0.1) is 0 Å². The van der Waals surface area contributed by atoms with E-state index in [-0.39, 0.29) is 0 Å². The van der Waals surface area contributed by atoms with E-state index in [1.54, 1.807) is 6.92 Å². The van der Waals surface area contributed by atoms with Gasteiger partial charge in [0.15, 0.2) is 0 Å². The standard InChI is InChI=1S/C8H15NO.C2H6/c1-7(10)8-4-3-5-9(2)6-8;1-2/h8H,3-6H2,1-2H3;1-2H3/t8-;/m1./s1. The Kier molecular flexibility index (Phi) is 5.99. The summed E-state index contributed by atoms with van der Waals surface area (Å²) in [7, 11) is 2.08. The van der Waals surface area contributed by atoms with Crippen LogP contribution in [0.2, 0.25) is 0 Å². The maximum atomic E-state index is 10.9. The molecule has 2 nitrogen and oxygen atoms in total. The van der Waals surface area contributed by atoms with Crippen molar-refractivity contribution >= 4 is 5.78 Å². The lowest BCUT2D eigenvalue weighted by atomic mass is 9.95. The number of rotatable bonds is 1. The molecule has 12 heavy (non-hydrogen) atoms. The molecule has 1 fully saturated rings. The van der Waals surface area contributed by atoms with Gasteiger partial charge in [-0.3, -0.25) is 4.79 Å². The lowest BCUT2D eigenvalue weighted by molar-refractivity contribution is -0.122. The second-order valence-electron chi connectivity index (χ2n) is 3.21. The van der Waals surface area contributed by atoms with Gasteiger partial charge in [-0.05, 0) is 33.4 Å². The third kappa shape index (κ3) is 3.86. The number of carbonyl (C=O) groups excluding carboxylic acids is 1. The van der Waals surface area contributed by atoms with Crippen LogP contribution in [0.4, 0.5) is 0 Å². The number of hydrogen-bond acceptors (Lipinski definition) is 2. The van der Waals surface area contributed by atoms with Gasteiger partial charge in [-0.15, -0.1) is 0 Å². The van der Waals surface area contributed by atoms with Gasteiger partial charge >= 0.3 is 0 Å². The average molecular weight is 171 g/mol. The Labute approximate surface area is 75.9 Å². The van der Waals surface area contributed by atoms with Gasteiger partial charge < -0.3 is 4.90 Å². The van der Waals surface area contributed by atoms with Crippen LogP contribution in [0.15, 0.2) is 0 Å². The molecule has 1 aliphatic heterocycles. The molecule has 1 saturated heterocycles. The number of carbonyl (C=O) groups is 1. The molecule has 0 amide bonds. The van der Waals surface area contributed by atoms with E-state index < -0.39 is 0 Å². The summed E-state index contributed by atoms with van der Waals surface area (Å²) < 4.78 is 0. The van der Waals surface area contributed by atoms with E-state index >= 15 is 0 Å².